The van der Waals surface area contributed by atoms with E-state index >= 15 is 0 Å². The van der Waals surface area contributed by atoms with Gasteiger partial charge in [0.2, 0.25) is 0 Å². The van der Waals surface area contributed by atoms with Gasteiger partial charge in [0, 0.05) is 21.9 Å². The number of rotatable bonds is 7. The highest BCUT2D eigenvalue weighted by Gasteiger charge is 2.20. The lowest BCUT2D eigenvalue weighted by molar-refractivity contribution is 0.331. The van der Waals surface area contributed by atoms with Crippen LogP contribution in [-0.2, 0) is 10.0 Å². The highest BCUT2D eigenvalue weighted by Crippen LogP contribution is 2.29. The normalized spacial score (nSPS) is 11.0. The van der Waals surface area contributed by atoms with E-state index < -0.39 is 21.7 Å². The second-order valence-electron chi connectivity index (χ2n) is 6.41. The molecular formula is C21H18BrF2N3O3S2. The zero-order valence-electron chi connectivity index (χ0n) is 16.7. The lowest BCUT2D eigenvalue weighted by Crippen LogP contribution is -2.20. The molecule has 0 saturated heterocycles. The van der Waals surface area contributed by atoms with Gasteiger partial charge in [-0.1, -0.05) is 15.9 Å². The van der Waals surface area contributed by atoms with E-state index in [1.54, 1.807) is 43.3 Å². The Labute approximate surface area is 198 Å². The molecule has 0 aliphatic heterocycles. The number of nitrogens with one attached hydrogen (secondary N) is 3. The van der Waals surface area contributed by atoms with Crippen molar-refractivity contribution in [2.75, 3.05) is 22.0 Å². The summed E-state index contributed by atoms with van der Waals surface area (Å²) in [6.45, 7) is 2.08. The molecule has 0 aliphatic carbocycles. The Morgan fingerprint density at radius 1 is 1.00 bits per heavy atom. The molecule has 168 valence electrons. The van der Waals surface area contributed by atoms with Crippen LogP contribution in [0.3, 0.4) is 0 Å². The summed E-state index contributed by atoms with van der Waals surface area (Å²) in [6, 6.07) is 14.1. The molecule has 0 heterocycles. The van der Waals surface area contributed by atoms with Gasteiger partial charge in [0.05, 0.1) is 12.3 Å². The average molecular weight is 542 g/mol. The highest BCUT2D eigenvalue weighted by molar-refractivity contribution is 9.10. The molecule has 0 spiro atoms. The standard InChI is InChI=1S/C21H18BrF2N3O3S2/c1-2-30-19-10-3-13(22)11-20(19)32(28,29)27-16-7-5-15(6-8-16)25-21(31)26-18-9-4-14(23)12-17(18)24/h3-12,27H,2H2,1H3,(H2,25,26,31). The van der Waals surface area contributed by atoms with E-state index in [4.69, 9.17) is 17.0 Å². The summed E-state index contributed by atoms with van der Waals surface area (Å²) < 4.78 is 61.0. The van der Waals surface area contributed by atoms with Crippen molar-refractivity contribution in [1.29, 1.82) is 0 Å². The van der Waals surface area contributed by atoms with Crippen LogP contribution in [0.4, 0.5) is 25.8 Å². The smallest absolute Gasteiger partial charge is 0.265 e. The van der Waals surface area contributed by atoms with Crippen molar-refractivity contribution in [2.45, 2.75) is 11.8 Å². The van der Waals surface area contributed by atoms with Crippen LogP contribution in [0, 0.1) is 11.6 Å². The SMILES string of the molecule is CCOc1ccc(Br)cc1S(=O)(=O)Nc1ccc(NC(=S)Nc2ccc(F)cc2F)cc1. The van der Waals surface area contributed by atoms with E-state index in [2.05, 4.69) is 31.3 Å². The Bertz CT molecular complexity index is 1240. The number of thiocarbonyl (C=S) groups is 1. The predicted octanol–water partition coefficient (Wildman–Crippen LogP) is 5.74. The predicted molar refractivity (Wildman–Crippen MR) is 129 cm³/mol. The minimum Gasteiger partial charge on any atom is -0.492 e. The Morgan fingerprint density at radius 2 is 1.69 bits per heavy atom. The lowest BCUT2D eigenvalue weighted by Gasteiger charge is -2.14. The fourth-order valence-electron chi connectivity index (χ4n) is 2.67. The van der Waals surface area contributed by atoms with Crippen LogP contribution in [0.15, 0.2) is 70.0 Å². The molecule has 0 unspecified atom stereocenters. The van der Waals surface area contributed by atoms with E-state index in [-0.39, 0.29) is 21.4 Å². The van der Waals surface area contributed by atoms with Gasteiger partial charge in [-0.2, -0.15) is 0 Å². The fourth-order valence-corrected chi connectivity index (χ4v) is 4.64. The minimum absolute atomic E-state index is 0.00243. The van der Waals surface area contributed by atoms with Crippen LogP contribution in [-0.4, -0.2) is 20.1 Å². The van der Waals surface area contributed by atoms with Crippen molar-refractivity contribution >= 4 is 60.3 Å². The molecule has 6 nitrogen and oxygen atoms in total. The molecule has 0 radical (unpaired) electrons. The van der Waals surface area contributed by atoms with Crippen molar-refractivity contribution in [3.8, 4) is 5.75 Å². The molecule has 3 aromatic rings. The molecule has 0 amide bonds. The largest absolute Gasteiger partial charge is 0.492 e. The Kier molecular flexibility index (Phi) is 7.64. The van der Waals surface area contributed by atoms with Gasteiger partial charge >= 0.3 is 0 Å². The first-order valence-corrected chi connectivity index (χ1v) is 11.9. The summed E-state index contributed by atoms with van der Waals surface area (Å²) in [5.41, 5.74) is 0.874. The number of sulfonamides is 1. The Balaban J connectivity index is 1.69. The first-order chi connectivity index (χ1) is 15.2. The Hall–Kier alpha value is -2.76. The van der Waals surface area contributed by atoms with Gasteiger partial charge in [0.25, 0.3) is 10.0 Å². The monoisotopic (exact) mass is 541 g/mol. The number of anilines is 3. The van der Waals surface area contributed by atoms with Crippen LogP contribution in [0.2, 0.25) is 0 Å². The number of halogens is 3. The maximum atomic E-state index is 13.7. The Morgan fingerprint density at radius 3 is 2.34 bits per heavy atom. The molecule has 3 aromatic carbocycles. The topological polar surface area (TPSA) is 79.5 Å². The molecule has 3 N–H and O–H groups in total. The summed E-state index contributed by atoms with van der Waals surface area (Å²) in [5, 5.41) is 5.56. The second kappa shape index (κ2) is 10.2. The number of benzene rings is 3. The molecule has 0 atom stereocenters. The highest BCUT2D eigenvalue weighted by atomic mass is 79.9. The first kappa shape index (κ1) is 23.9. The van der Waals surface area contributed by atoms with Crippen molar-refractivity contribution in [1.82, 2.24) is 0 Å². The molecule has 0 fully saturated rings. The van der Waals surface area contributed by atoms with E-state index in [1.165, 1.54) is 12.1 Å². The van der Waals surface area contributed by atoms with Crippen molar-refractivity contribution in [3.05, 3.63) is 76.8 Å². The molecule has 11 heteroatoms. The van der Waals surface area contributed by atoms with Crippen molar-refractivity contribution < 1.29 is 21.9 Å². The number of hydrogen-bond acceptors (Lipinski definition) is 4. The van der Waals surface area contributed by atoms with Crippen LogP contribution >= 0.6 is 28.1 Å². The zero-order valence-corrected chi connectivity index (χ0v) is 19.9. The summed E-state index contributed by atoms with van der Waals surface area (Å²) in [6.07, 6.45) is 0. The lowest BCUT2D eigenvalue weighted by atomic mass is 10.3. The molecule has 0 bridgehead atoms. The first-order valence-electron chi connectivity index (χ1n) is 9.26. The van der Waals surface area contributed by atoms with Gasteiger partial charge in [-0.3, -0.25) is 4.72 Å². The molecule has 0 saturated carbocycles. The third-order valence-corrected chi connectivity index (χ3v) is 6.17. The minimum atomic E-state index is -3.91. The van der Waals surface area contributed by atoms with Gasteiger partial charge in [-0.05, 0) is 73.7 Å². The van der Waals surface area contributed by atoms with Crippen LogP contribution in [0.25, 0.3) is 0 Å². The van der Waals surface area contributed by atoms with E-state index in [0.29, 0.717) is 22.5 Å². The van der Waals surface area contributed by atoms with Crippen LogP contribution in [0.5, 0.6) is 5.75 Å². The van der Waals surface area contributed by atoms with Crippen LogP contribution in [0.1, 0.15) is 6.92 Å². The summed E-state index contributed by atoms with van der Waals surface area (Å²) in [7, 11) is -3.91. The number of hydrogen-bond donors (Lipinski definition) is 3. The van der Waals surface area contributed by atoms with Gasteiger partial charge < -0.3 is 15.4 Å². The van der Waals surface area contributed by atoms with Crippen molar-refractivity contribution in [3.63, 3.8) is 0 Å². The average Bonchev–Trinajstić information content (AvgIpc) is 2.73. The maximum absolute atomic E-state index is 13.7. The van der Waals surface area contributed by atoms with Gasteiger partial charge in [-0.25, -0.2) is 17.2 Å². The van der Waals surface area contributed by atoms with Gasteiger partial charge in [0.15, 0.2) is 5.11 Å². The van der Waals surface area contributed by atoms with E-state index in [1.807, 2.05) is 0 Å². The zero-order chi connectivity index (χ0) is 23.3. The van der Waals surface area contributed by atoms with Crippen LogP contribution < -0.4 is 20.1 Å². The summed E-state index contributed by atoms with van der Waals surface area (Å²) >= 11 is 8.41. The molecule has 3 rings (SSSR count). The third-order valence-electron chi connectivity index (χ3n) is 4.07. The third kappa shape index (κ3) is 6.15. The van der Waals surface area contributed by atoms with E-state index in [9.17, 15) is 17.2 Å². The van der Waals surface area contributed by atoms with E-state index in [0.717, 1.165) is 12.1 Å². The molecule has 0 aromatic heterocycles. The van der Waals surface area contributed by atoms with Gasteiger partial charge in [-0.15, -0.1) is 0 Å². The number of ether oxygens (including phenoxy) is 1. The summed E-state index contributed by atoms with van der Waals surface area (Å²) in [5.74, 6) is -1.23. The maximum Gasteiger partial charge on any atom is 0.265 e. The summed E-state index contributed by atoms with van der Waals surface area (Å²) in [4.78, 5) is 0.00243. The molecule has 0 aliphatic rings. The molecule has 32 heavy (non-hydrogen) atoms. The quantitative estimate of drug-likeness (QED) is 0.331. The second-order valence-corrected chi connectivity index (χ2v) is 9.38. The molecular weight excluding hydrogens is 524 g/mol. The van der Waals surface area contributed by atoms with Gasteiger partial charge in [0.1, 0.15) is 22.3 Å². The van der Waals surface area contributed by atoms with Crippen molar-refractivity contribution in [2.24, 2.45) is 0 Å². The fraction of sp³-hybridized carbons (Fsp3) is 0.0952.